The molecule has 0 radical (unpaired) electrons. The molecule has 1 saturated heterocycles. The maximum absolute atomic E-state index is 13.0. The second-order valence-corrected chi connectivity index (χ2v) is 9.95. The van der Waals surface area contributed by atoms with Crippen LogP contribution in [0.15, 0.2) is 59.5 Å². The van der Waals surface area contributed by atoms with Gasteiger partial charge in [-0.2, -0.15) is 4.31 Å². The fraction of sp³-hybridized carbons (Fsp3) is 0.458. The third-order valence-corrected chi connectivity index (χ3v) is 7.64. The Balaban J connectivity index is 1.47. The standard InChI is InChI=1S/C24H33N3O3S/c1-2-3-16-25-22-9-11-23(12-10-22)31(29,30)27-18-14-21(15-19-27)24(28)26-17-13-20-7-5-4-6-8-20/h4-12,21,25H,2-3,13-19H2,1H3,(H,26,28). The predicted octanol–water partition coefficient (Wildman–Crippen LogP) is 3.66. The minimum atomic E-state index is -3.53. The number of sulfonamides is 1. The van der Waals surface area contributed by atoms with Gasteiger partial charge < -0.3 is 10.6 Å². The van der Waals surface area contributed by atoms with Crippen LogP contribution in [-0.4, -0.2) is 44.8 Å². The van der Waals surface area contributed by atoms with E-state index in [9.17, 15) is 13.2 Å². The average molecular weight is 444 g/mol. The van der Waals surface area contributed by atoms with E-state index in [1.54, 1.807) is 12.1 Å². The van der Waals surface area contributed by atoms with Crippen LogP contribution in [0.3, 0.4) is 0 Å². The van der Waals surface area contributed by atoms with Crippen molar-refractivity contribution in [2.75, 3.05) is 31.5 Å². The number of hydrogen-bond donors (Lipinski definition) is 2. The molecule has 168 valence electrons. The quantitative estimate of drug-likeness (QED) is 0.550. The van der Waals surface area contributed by atoms with Crippen molar-refractivity contribution in [3.05, 3.63) is 60.2 Å². The lowest BCUT2D eigenvalue weighted by molar-refractivity contribution is -0.126. The summed E-state index contributed by atoms with van der Waals surface area (Å²) in [6.45, 7) is 4.35. The zero-order valence-corrected chi connectivity index (χ0v) is 19.0. The molecule has 1 amide bonds. The van der Waals surface area contributed by atoms with E-state index >= 15 is 0 Å². The minimum absolute atomic E-state index is 0.0236. The molecule has 1 heterocycles. The van der Waals surface area contributed by atoms with Crippen LogP contribution >= 0.6 is 0 Å². The highest BCUT2D eigenvalue weighted by atomic mass is 32.2. The molecule has 0 aliphatic carbocycles. The number of anilines is 1. The number of benzene rings is 2. The number of carbonyl (C=O) groups excluding carboxylic acids is 1. The number of carbonyl (C=O) groups is 1. The Bertz CT molecular complexity index is 922. The molecule has 0 atom stereocenters. The second-order valence-electron chi connectivity index (χ2n) is 8.01. The lowest BCUT2D eigenvalue weighted by atomic mass is 9.97. The van der Waals surface area contributed by atoms with Crippen LogP contribution in [0, 0.1) is 5.92 Å². The van der Waals surface area contributed by atoms with Crippen molar-refractivity contribution in [2.45, 2.75) is 43.9 Å². The smallest absolute Gasteiger partial charge is 0.243 e. The van der Waals surface area contributed by atoms with Gasteiger partial charge in [-0.05, 0) is 55.5 Å². The van der Waals surface area contributed by atoms with Crippen LogP contribution in [-0.2, 0) is 21.2 Å². The van der Waals surface area contributed by atoms with Crippen molar-refractivity contribution < 1.29 is 13.2 Å². The lowest BCUT2D eigenvalue weighted by Gasteiger charge is -2.30. The van der Waals surface area contributed by atoms with Gasteiger partial charge in [0.15, 0.2) is 0 Å². The maximum Gasteiger partial charge on any atom is 0.243 e. The number of rotatable bonds is 10. The summed E-state index contributed by atoms with van der Waals surface area (Å²) in [7, 11) is -3.53. The van der Waals surface area contributed by atoms with Gasteiger partial charge in [0, 0.05) is 37.8 Å². The van der Waals surface area contributed by atoms with Crippen LogP contribution in [0.2, 0.25) is 0 Å². The van der Waals surface area contributed by atoms with Gasteiger partial charge in [-0.1, -0.05) is 43.7 Å². The molecule has 2 N–H and O–H groups in total. The van der Waals surface area contributed by atoms with Crippen molar-refractivity contribution in [2.24, 2.45) is 5.92 Å². The van der Waals surface area contributed by atoms with E-state index in [1.807, 2.05) is 42.5 Å². The van der Waals surface area contributed by atoms with Crippen LogP contribution in [0.25, 0.3) is 0 Å². The summed E-state index contributed by atoms with van der Waals surface area (Å²) in [5.74, 6) is -0.108. The fourth-order valence-electron chi connectivity index (χ4n) is 3.78. The highest BCUT2D eigenvalue weighted by Gasteiger charge is 2.31. The topological polar surface area (TPSA) is 78.5 Å². The van der Waals surface area contributed by atoms with Crippen molar-refractivity contribution >= 4 is 21.6 Å². The zero-order chi connectivity index (χ0) is 22.1. The molecule has 0 bridgehead atoms. The summed E-state index contributed by atoms with van der Waals surface area (Å²) in [6.07, 6.45) is 4.08. The molecule has 1 aliphatic rings. The van der Waals surface area contributed by atoms with Crippen molar-refractivity contribution in [3.63, 3.8) is 0 Å². The van der Waals surface area contributed by atoms with Crippen LogP contribution in [0.4, 0.5) is 5.69 Å². The Labute approximate surface area is 186 Å². The highest BCUT2D eigenvalue weighted by Crippen LogP contribution is 2.25. The van der Waals surface area contributed by atoms with Gasteiger partial charge in [0.1, 0.15) is 0 Å². The minimum Gasteiger partial charge on any atom is -0.385 e. The molecule has 0 saturated carbocycles. The second kappa shape index (κ2) is 11.3. The van der Waals surface area contributed by atoms with E-state index in [1.165, 1.54) is 9.87 Å². The normalized spacial score (nSPS) is 15.5. The molecular weight excluding hydrogens is 410 g/mol. The molecule has 7 heteroatoms. The Morgan fingerprint density at radius 1 is 1.00 bits per heavy atom. The van der Waals surface area contributed by atoms with Gasteiger partial charge in [-0.15, -0.1) is 0 Å². The summed E-state index contributed by atoms with van der Waals surface area (Å²) in [4.78, 5) is 12.8. The number of amides is 1. The van der Waals surface area contributed by atoms with E-state index in [0.29, 0.717) is 37.4 Å². The molecule has 0 spiro atoms. The maximum atomic E-state index is 13.0. The van der Waals surface area contributed by atoms with Gasteiger partial charge in [-0.3, -0.25) is 4.79 Å². The van der Waals surface area contributed by atoms with Gasteiger partial charge in [0.05, 0.1) is 4.90 Å². The first-order chi connectivity index (χ1) is 15.0. The number of nitrogens with one attached hydrogen (secondary N) is 2. The third-order valence-electron chi connectivity index (χ3n) is 5.73. The van der Waals surface area contributed by atoms with E-state index < -0.39 is 10.0 Å². The number of hydrogen-bond acceptors (Lipinski definition) is 4. The van der Waals surface area contributed by atoms with Crippen molar-refractivity contribution in [1.82, 2.24) is 9.62 Å². The molecule has 2 aromatic carbocycles. The van der Waals surface area contributed by atoms with Gasteiger partial charge in [-0.25, -0.2) is 8.42 Å². The average Bonchev–Trinajstić information content (AvgIpc) is 2.80. The van der Waals surface area contributed by atoms with Crippen molar-refractivity contribution in [3.8, 4) is 0 Å². The van der Waals surface area contributed by atoms with E-state index in [0.717, 1.165) is 31.5 Å². The van der Waals surface area contributed by atoms with Gasteiger partial charge in [0.2, 0.25) is 15.9 Å². The SMILES string of the molecule is CCCCNc1ccc(S(=O)(=O)N2CCC(C(=O)NCCc3ccccc3)CC2)cc1. The lowest BCUT2D eigenvalue weighted by Crippen LogP contribution is -2.43. The molecular formula is C24H33N3O3S. The Morgan fingerprint density at radius 2 is 1.68 bits per heavy atom. The first-order valence-electron chi connectivity index (χ1n) is 11.2. The van der Waals surface area contributed by atoms with Crippen LogP contribution in [0.1, 0.15) is 38.2 Å². The van der Waals surface area contributed by atoms with E-state index in [2.05, 4.69) is 17.6 Å². The summed E-state index contributed by atoms with van der Waals surface area (Å²) in [5, 5.41) is 6.30. The number of nitrogens with zero attached hydrogens (tertiary/aromatic N) is 1. The van der Waals surface area contributed by atoms with E-state index in [-0.39, 0.29) is 11.8 Å². The summed E-state index contributed by atoms with van der Waals surface area (Å²) in [5.41, 5.74) is 2.12. The first-order valence-corrected chi connectivity index (χ1v) is 12.6. The molecule has 1 aliphatic heterocycles. The monoisotopic (exact) mass is 443 g/mol. The molecule has 1 fully saturated rings. The largest absolute Gasteiger partial charge is 0.385 e. The fourth-order valence-corrected chi connectivity index (χ4v) is 5.25. The van der Waals surface area contributed by atoms with Crippen LogP contribution < -0.4 is 10.6 Å². The van der Waals surface area contributed by atoms with Crippen LogP contribution in [0.5, 0.6) is 0 Å². The molecule has 2 aromatic rings. The molecule has 3 rings (SSSR count). The Morgan fingerprint density at radius 3 is 2.32 bits per heavy atom. The van der Waals surface area contributed by atoms with Gasteiger partial charge >= 0.3 is 0 Å². The molecule has 0 aromatic heterocycles. The summed E-state index contributed by atoms with van der Waals surface area (Å²) < 4.78 is 27.4. The van der Waals surface area contributed by atoms with Crippen molar-refractivity contribution in [1.29, 1.82) is 0 Å². The third kappa shape index (κ3) is 6.55. The predicted molar refractivity (Wildman–Crippen MR) is 124 cm³/mol. The summed E-state index contributed by atoms with van der Waals surface area (Å²) in [6, 6.07) is 17.0. The number of piperidine rings is 1. The molecule has 6 nitrogen and oxygen atoms in total. The summed E-state index contributed by atoms with van der Waals surface area (Å²) >= 11 is 0. The van der Waals surface area contributed by atoms with Gasteiger partial charge in [0.25, 0.3) is 0 Å². The Kier molecular flexibility index (Phi) is 8.49. The molecule has 31 heavy (non-hydrogen) atoms. The highest BCUT2D eigenvalue weighted by molar-refractivity contribution is 7.89. The molecule has 0 unspecified atom stereocenters. The van der Waals surface area contributed by atoms with E-state index in [4.69, 9.17) is 0 Å². The number of unbranched alkanes of at least 4 members (excludes halogenated alkanes) is 1. The first kappa shape index (κ1) is 23.3. The Hall–Kier alpha value is -2.38. The zero-order valence-electron chi connectivity index (χ0n) is 18.2.